The van der Waals surface area contributed by atoms with Crippen LogP contribution in [0.4, 0.5) is 0 Å². The van der Waals surface area contributed by atoms with E-state index in [0.717, 1.165) is 25.9 Å². The fourth-order valence-corrected chi connectivity index (χ4v) is 3.47. The van der Waals surface area contributed by atoms with Crippen LogP contribution in [0.25, 0.3) is 0 Å². The van der Waals surface area contributed by atoms with Gasteiger partial charge in [0.15, 0.2) is 0 Å². The number of nitrogens with two attached hydrogens (primary N) is 1. The Labute approximate surface area is 151 Å². The minimum Gasteiger partial charge on any atom is -0.366 e. The number of nitrogens with zero attached hydrogens (tertiary/aromatic N) is 1. The maximum absolute atomic E-state index is 12.8. The molecule has 1 saturated heterocycles. The summed E-state index contributed by atoms with van der Waals surface area (Å²) in [5.41, 5.74) is 6.36. The Bertz CT molecular complexity index is 525. The third kappa shape index (κ3) is 6.89. The van der Waals surface area contributed by atoms with Crippen molar-refractivity contribution in [1.29, 1.82) is 0 Å². The largest absolute Gasteiger partial charge is 0.366 e. The second-order valence-corrected chi connectivity index (χ2v) is 7.12. The van der Waals surface area contributed by atoms with Gasteiger partial charge in [-0.2, -0.15) is 0 Å². The van der Waals surface area contributed by atoms with Gasteiger partial charge in [-0.3, -0.25) is 9.59 Å². The molecule has 1 aromatic rings. The quantitative estimate of drug-likeness (QED) is 0.856. The first-order valence-corrected chi connectivity index (χ1v) is 9.87. The molecular formula is C21H32N2O2. The summed E-state index contributed by atoms with van der Waals surface area (Å²) in [7, 11) is 0. The number of carbonyl (C=O) groups excluding carboxylic acids is 2. The van der Waals surface area contributed by atoms with E-state index in [1.807, 2.05) is 4.90 Å². The maximum Gasteiger partial charge on any atom is 0.253 e. The van der Waals surface area contributed by atoms with E-state index < -0.39 is 5.91 Å². The molecule has 138 valence electrons. The number of benzene rings is 1. The van der Waals surface area contributed by atoms with Crippen LogP contribution in [0.5, 0.6) is 0 Å². The van der Waals surface area contributed by atoms with Crippen LogP contribution in [0, 0.1) is 0 Å². The summed E-state index contributed by atoms with van der Waals surface area (Å²) in [6.45, 7) is 1.66. The van der Waals surface area contributed by atoms with Crippen LogP contribution in [0.1, 0.15) is 91.3 Å². The average molecular weight is 344 g/mol. The van der Waals surface area contributed by atoms with Crippen LogP contribution in [-0.4, -0.2) is 29.8 Å². The average Bonchev–Trinajstić information content (AvgIpc) is 2.63. The predicted molar refractivity (Wildman–Crippen MR) is 102 cm³/mol. The normalized spacial score (nSPS) is 18.3. The number of hydrogen-bond donors (Lipinski definition) is 1. The molecule has 4 heteroatoms. The van der Waals surface area contributed by atoms with E-state index in [4.69, 9.17) is 5.73 Å². The van der Waals surface area contributed by atoms with E-state index in [2.05, 4.69) is 0 Å². The first-order chi connectivity index (χ1) is 12.2. The van der Waals surface area contributed by atoms with Gasteiger partial charge in [0, 0.05) is 24.2 Å². The highest BCUT2D eigenvalue weighted by molar-refractivity contribution is 5.97. The van der Waals surface area contributed by atoms with Crippen LogP contribution in [0.3, 0.4) is 0 Å². The molecule has 2 rings (SSSR count). The fraction of sp³-hybridized carbons (Fsp3) is 0.619. The summed E-state index contributed by atoms with van der Waals surface area (Å²) >= 11 is 0. The molecule has 2 N–H and O–H groups in total. The number of hydrogen-bond acceptors (Lipinski definition) is 2. The number of rotatable bonds is 2. The van der Waals surface area contributed by atoms with Gasteiger partial charge in [0.2, 0.25) is 5.91 Å². The van der Waals surface area contributed by atoms with Crippen LogP contribution in [0.15, 0.2) is 24.3 Å². The third-order valence-corrected chi connectivity index (χ3v) is 5.06. The Morgan fingerprint density at radius 2 is 1.00 bits per heavy atom. The van der Waals surface area contributed by atoms with Gasteiger partial charge < -0.3 is 10.6 Å². The van der Waals surface area contributed by atoms with Crippen molar-refractivity contribution in [1.82, 2.24) is 4.90 Å². The Morgan fingerprint density at radius 1 is 0.640 bits per heavy atom. The van der Waals surface area contributed by atoms with E-state index in [1.54, 1.807) is 24.3 Å². The van der Waals surface area contributed by atoms with Crippen molar-refractivity contribution in [3.8, 4) is 0 Å². The molecule has 0 atom stereocenters. The lowest BCUT2D eigenvalue weighted by molar-refractivity contribution is 0.0748. The van der Waals surface area contributed by atoms with Crippen LogP contribution in [0.2, 0.25) is 0 Å². The smallest absolute Gasteiger partial charge is 0.253 e. The van der Waals surface area contributed by atoms with Crippen LogP contribution < -0.4 is 5.73 Å². The molecule has 0 radical (unpaired) electrons. The Hall–Kier alpha value is -1.84. The molecule has 1 fully saturated rings. The minimum absolute atomic E-state index is 0.0723. The van der Waals surface area contributed by atoms with Gasteiger partial charge in [-0.25, -0.2) is 0 Å². The Balaban J connectivity index is 1.95. The molecule has 0 unspecified atom stereocenters. The van der Waals surface area contributed by atoms with E-state index in [0.29, 0.717) is 11.1 Å². The highest BCUT2D eigenvalue weighted by atomic mass is 16.2. The Morgan fingerprint density at radius 3 is 1.40 bits per heavy atom. The highest BCUT2D eigenvalue weighted by Crippen LogP contribution is 2.15. The first-order valence-electron chi connectivity index (χ1n) is 9.87. The van der Waals surface area contributed by atoms with Gasteiger partial charge in [0.25, 0.3) is 5.91 Å². The van der Waals surface area contributed by atoms with Crippen molar-refractivity contribution >= 4 is 11.8 Å². The molecule has 0 aromatic heterocycles. The second kappa shape index (κ2) is 10.9. The van der Waals surface area contributed by atoms with Gasteiger partial charge in [-0.1, -0.05) is 57.8 Å². The molecule has 2 amide bonds. The van der Waals surface area contributed by atoms with Gasteiger partial charge in [-0.05, 0) is 37.1 Å². The van der Waals surface area contributed by atoms with Gasteiger partial charge >= 0.3 is 0 Å². The zero-order valence-electron chi connectivity index (χ0n) is 15.3. The van der Waals surface area contributed by atoms with Crippen molar-refractivity contribution in [3.05, 3.63) is 35.4 Å². The van der Waals surface area contributed by atoms with Gasteiger partial charge in [-0.15, -0.1) is 0 Å². The molecule has 1 heterocycles. The zero-order valence-corrected chi connectivity index (χ0v) is 15.3. The number of carbonyl (C=O) groups is 2. The lowest BCUT2D eigenvalue weighted by Gasteiger charge is -2.23. The van der Waals surface area contributed by atoms with Crippen molar-refractivity contribution in [2.75, 3.05) is 13.1 Å². The fourth-order valence-electron chi connectivity index (χ4n) is 3.47. The van der Waals surface area contributed by atoms with Crippen LogP contribution >= 0.6 is 0 Å². The molecule has 0 aliphatic carbocycles. The zero-order chi connectivity index (χ0) is 17.9. The van der Waals surface area contributed by atoms with Gasteiger partial charge in [0.05, 0.1) is 0 Å². The minimum atomic E-state index is -0.461. The summed E-state index contributed by atoms with van der Waals surface area (Å²) in [4.78, 5) is 26.0. The SMILES string of the molecule is NC(=O)c1ccc(C(=O)N2CCCCCCCCCCCCC2)cc1. The molecule has 25 heavy (non-hydrogen) atoms. The topological polar surface area (TPSA) is 63.4 Å². The summed E-state index contributed by atoms with van der Waals surface area (Å²) in [5, 5.41) is 0. The maximum atomic E-state index is 12.8. The predicted octanol–water partition coefficient (Wildman–Crippen LogP) is 4.53. The molecule has 0 saturated carbocycles. The third-order valence-electron chi connectivity index (χ3n) is 5.06. The standard InChI is InChI=1S/C21H32N2O2/c22-20(24)18-12-14-19(15-13-18)21(25)23-16-10-8-6-4-2-1-3-5-7-9-11-17-23/h12-15H,1-11,16-17H2,(H2,22,24). The molecule has 4 nitrogen and oxygen atoms in total. The van der Waals surface area contributed by atoms with E-state index in [9.17, 15) is 9.59 Å². The molecular weight excluding hydrogens is 312 g/mol. The number of primary amides is 1. The van der Waals surface area contributed by atoms with E-state index >= 15 is 0 Å². The van der Waals surface area contributed by atoms with Crippen molar-refractivity contribution in [2.24, 2.45) is 5.73 Å². The van der Waals surface area contributed by atoms with Crippen molar-refractivity contribution in [3.63, 3.8) is 0 Å². The Kier molecular flexibility index (Phi) is 8.50. The lowest BCUT2D eigenvalue weighted by atomic mass is 10.0. The van der Waals surface area contributed by atoms with Gasteiger partial charge in [0.1, 0.15) is 0 Å². The molecule has 1 aromatic carbocycles. The lowest BCUT2D eigenvalue weighted by Crippen LogP contribution is -2.33. The van der Waals surface area contributed by atoms with Crippen LogP contribution in [-0.2, 0) is 0 Å². The second-order valence-electron chi connectivity index (χ2n) is 7.12. The summed E-state index contributed by atoms with van der Waals surface area (Å²) < 4.78 is 0. The molecule has 0 bridgehead atoms. The molecule has 1 aliphatic rings. The summed E-state index contributed by atoms with van der Waals surface area (Å²) in [6.07, 6.45) is 13.8. The highest BCUT2D eigenvalue weighted by Gasteiger charge is 2.15. The van der Waals surface area contributed by atoms with E-state index in [1.165, 1.54) is 57.8 Å². The summed E-state index contributed by atoms with van der Waals surface area (Å²) in [5.74, 6) is -0.389. The first kappa shape index (κ1) is 19.5. The number of amides is 2. The molecule has 0 spiro atoms. The molecule has 1 aliphatic heterocycles. The van der Waals surface area contributed by atoms with Crippen molar-refractivity contribution in [2.45, 2.75) is 70.6 Å². The van der Waals surface area contributed by atoms with Crippen molar-refractivity contribution < 1.29 is 9.59 Å². The monoisotopic (exact) mass is 344 g/mol. The van der Waals surface area contributed by atoms with E-state index in [-0.39, 0.29) is 5.91 Å². The summed E-state index contributed by atoms with van der Waals surface area (Å²) in [6, 6.07) is 6.71.